The third-order valence-electron chi connectivity index (χ3n) is 4.65. The van der Waals surface area contributed by atoms with Gasteiger partial charge in [0.15, 0.2) is 0 Å². The zero-order chi connectivity index (χ0) is 17.7. The molecule has 1 aliphatic heterocycles. The van der Waals surface area contributed by atoms with Crippen molar-refractivity contribution in [1.29, 1.82) is 0 Å². The van der Waals surface area contributed by atoms with E-state index >= 15 is 0 Å². The van der Waals surface area contributed by atoms with Gasteiger partial charge in [-0.1, -0.05) is 19.2 Å². The highest BCUT2D eigenvalue weighted by molar-refractivity contribution is 5.72. The Balaban J connectivity index is 2.24. The number of carbonyl (C=O) groups excluding carboxylic acids is 1. The van der Waals surface area contributed by atoms with Crippen LogP contribution in [-0.2, 0) is 11.3 Å². The van der Waals surface area contributed by atoms with Crippen LogP contribution in [0.3, 0.4) is 0 Å². The molecule has 1 aromatic rings. The molecule has 0 saturated heterocycles. The molecule has 1 aromatic carbocycles. The number of carbonyl (C=O) groups is 1. The monoisotopic (exact) mass is 328 g/mol. The summed E-state index contributed by atoms with van der Waals surface area (Å²) in [4.78, 5) is 15.2. The Bertz CT molecular complexity index is 626. The number of rotatable bonds is 9. The van der Waals surface area contributed by atoms with Gasteiger partial charge in [-0.2, -0.15) is 0 Å². The summed E-state index contributed by atoms with van der Waals surface area (Å²) in [7, 11) is 3.91. The Hall–Kier alpha value is -2.27. The van der Waals surface area contributed by atoms with Gasteiger partial charge in [0.25, 0.3) is 0 Å². The summed E-state index contributed by atoms with van der Waals surface area (Å²) in [6, 6.07) is 6.50. The van der Waals surface area contributed by atoms with Crippen molar-refractivity contribution in [3.05, 3.63) is 48.2 Å². The second kappa shape index (κ2) is 8.02. The third-order valence-corrected chi connectivity index (χ3v) is 4.65. The van der Waals surface area contributed by atoms with Crippen molar-refractivity contribution in [1.82, 2.24) is 10.2 Å². The first-order valence-electron chi connectivity index (χ1n) is 8.33. The van der Waals surface area contributed by atoms with E-state index in [9.17, 15) is 4.79 Å². The van der Waals surface area contributed by atoms with Gasteiger partial charge < -0.3 is 25.6 Å². The minimum atomic E-state index is 0.0605. The van der Waals surface area contributed by atoms with Crippen molar-refractivity contribution >= 4 is 17.7 Å². The number of hydrogen-bond donors (Lipinski definition) is 2. The number of anilines is 1. The number of hydrogen-bond acceptors (Lipinski definition) is 5. The van der Waals surface area contributed by atoms with Crippen LogP contribution in [0, 0.1) is 0 Å². The number of likely N-dealkylation sites (N-methyl/N-ethyl adjacent to an activating group) is 2. The fourth-order valence-electron chi connectivity index (χ4n) is 3.20. The van der Waals surface area contributed by atoms with Crippen LogP contribution < -0.4 is 16.0 Å². The predicted molar refractivity (Wildman–Crippen MR) is 101 cm³/mol. The summed E-state index contributed by atoms with van der Waals surface area (Å²) in [6.45, 7) is 10.6. The number of nitrogens with zero attached hydrogens (tertiary/aromatic N) is 2. The van der Waals surface area contributed by atoms with Crippen LogP contribution in [-0.4, -0.2) is 44.4 Å². The van der Waals surface area contributed by atoms with Gasteiger partial charge in [0.05, 0.1) is 6.04 Å². The average molecular weight is 328 g/mol. The van der Waals surface area contributed by atoms with Gasteiger partial charge >= 0.3 is 0 Å². The summed E-state index contributed by atoms with van der Waals surface area (Å²) in [5, 5.41) is 3.13. The van der Waals surface area contributed by atoms with Gasteiger partial charge in [-0.25, -0.2) is 0 Å². The first-order valence-corrected chi connectivity index (χ1v) is 8.33. The van der Waals surface area contributed by atoms with Gasteiger partial charge in [-0.15, -0.1) is 0 Å². The lowest BCUT2D eigenvalue weighted by atomic mass is 10.1. The van der Waals surface area contributed by atoms with Crippen molar-refractivity contribution in [2.24, 2.45) is 5.73 Å². The van der Waals surface area contributed by atoms with Crippen molar-refractivity contribution in [3.8, 4) is 0 Å². The molecule has 0 aliphatic carbocycles. The standard InChI is InChI=1S/C19H28N4O/c1-14(21-3)19(6-5-11-24)23-13-16-12-17(22(4)10-9-20)7-8-18(16)15(23)2/h7-8,11-12,19,21H,1-2,5-6,9-10,13,20H2,3-4H3. The molecule has 5 nitrogen and oxygen atoms in total. The first-order chi connectivity index (χ1) is 11.5. The second-order valence-electron chi connectivity index (χ2n) is 6.16. The van der Waals surface area contributed by atoms with E-state index in [4.69, 9.17) is 5.73 Å². The van der Waals surface area contributed by atoms with E-state index in [2.05, 4.69) is 46.5 Å². The molecule has 0 radical (unpaired) electrons. The van der Waals surface area contributed by atoms with E-state index in [1.807, 2.05) is 14.1 Å². The molecule has 1 heterocycles. The maximum atomic E-state index is 10.8. The van der Waals surface area contributed by atoms with Crippen molar-refractivity contribution in [3.63, 3.8) is 0 Å². The molecule has 1 unspecified atom stereocenters. The molecule has 130 valence electrons. The molecule has 0 spiro atoms. The molecule has 24 heavy (non-hydrogen) atoms. The van der Waals surface area contributed by atoms with Gasteiger partial charge in [0, 0.05) is 62.8 Å². The minimum absolute atomic E-state index is 0.0605. The largest absolute Gasteiger partial charge is 0.390 e. The third kappa shape index (κ3) is 3.62. The maximum absolute atomic E-state index is 10.8. The summed E-state index contributed by atoms with van der Waals surface area (Å²) in [5.41, 5.74) is 11.1. The van der Waals surface area contributed by atoms with Crippen LogP contribution in [0.15, 0.2) is 37.1 Å². The van der Waals surface area contributed by atoms with E-state index in [-0.39, 0.29) is 6.04 Å². The fraction of sp³-hybridized carbons (Fsp3) is 0.421. The normalized spacial score (nSPS) is 14.3. The van der Waals surface area contributed by atoms with Gasteiger partial charge in [0.1, 0.15) is 6.29 Å². The zero-order valence-corrected chi connectivity index (χ0v) is 14.7. The van der Waals surface area contributed by atoms with Crippen molar-refractivity contribution in [2.45, 2.75) is 25.4 Å². The molecule has 5 heteroatoms. The summed E-state index contributed by atoms with van der Waals surface area (Å²) in [5.74, 6) is 0. The molecule has 0 saturated carbocycles. The lowest BCUT2D eigenvalue weighted by Gasteiger charge is -2.31. The molecular weight excluding hydrogens is 300 g/mol. The number of nitrogens with two attached hydrogens (primary N) is 1. The van der Waals surface area contributed by atoms with Crippen LogP contribution >= 0.6 is 0 Å². The number of benzene rings is 1. The van der Waals surface area contributed by atoms with E-state index in [0.717, 1.165) is 42.9 Å². The molecule has 1 aliphatic rings. The Morgan fingerprint density at radius 2 is 2.29 bits per heavy atom. The SMILES string of the molecule is C=C(NC)C(CCC=O)N1Cc2cc(N(C)CCN)ccc2C1=C. The number of aldehydes is 1. The second-order valence-corrected chi connectivity index (χ2v) is 6.16. The quantitative estimate of drug-likeness (QED) is 0.679. The Labute approximate surface area is 144 Å². The molecule has 0 aromatic heterocycles. The summed E-state index contributed by atoms with van der Waals surface area (Å²) >= 11 is 0. The van der Waals surface area contributed by atoms with Crippen molar-refractivity contribution < 1.29 is 4.79 Å². The van der Waals surface area contributed by atoms with Crippen LogP contribution in [0.4, 0.5) is 5.69 Å². The maximum Gasteiger partial charge on any atom is 0.120 e. The smallest absolute Gasteiger partial charge is 0.120 e. The average Bonchev–Trinajstić information content (AvgIpc) is 2.91. The van der Waals surface area contributed by atoms with E-state index in [1.54, 1.807) is 0 Å². The summed E-state index contributed by atoms with van der Waals surface area (Å²) < 4.78 is 0. The lowest BCUT2D eigenvalue weighted by Crippen LogP contribution is -2.35. The minimum Gasteiger partial charge on any atom is -0.390 e. The molecule has 0 fully saturated rings. The summed E-state index contributed by atoms with van der Waals surface area (Å²) in [6.07, 6.45) is 2.20. The van der Waals surface area contributed by atoms with Crippen LogP contribution in [0.5, 0.6) is 0 Å². The van der Waals surface area contributed by atoms with Gasteiger partial charge in [-0.05, 0) is 24.1 Å². The highest BCUT2D eigenvalue weighted by Crippen LogP contribution is 2.37. The zero-order valence-electron chi connectivity index (χ0n) is 14.7. The molecule has 0 bridgehead atoms. The van der Waals surface area contributed by atoms with E-state index in [1.165, 1.54) is 11.1 Å². The topological polar surface area (TPSA) is 61.6 Å². The molecular formula is C19H28N4O. The number of nitrogens with one attached hydrogen (secondary N) is 1. The van der Waals surface area contributed by atoms with Crippen LogP contribution in [0.25, 0.3) is 5.70 Å². The molecule has 2 rings (SSSR count). The first kappa shape index (κ1) is 18.1. The Kier molecular flexibility index (Phi) is 6.04. The predicted octanol–water partition coefficient (Wildman–Crippen LogP) is 1.95. The van der Waals surface area contributed by atoms with Gasteiger partial charge in [-0.3, -0.25) is 0 Å². The Morgan fingerprint density at radius 1 is 1.54 bits per heavy atom. The molecule has 3 N–H and O–H groups in total. The fourth-order valence-corrected chi connectivity index (χ4v) is 3.20. The molecule has 0 amide bonds. The highest BCUT2D eigenvalue weighted by Gasteiger charge is 2.29. The number of fused-ring (bicyclic) bond motifs is 1. The molecule has 1 atom stereocenters. The van der Waals surface area contributed by atoms with Crippen molar-refractivity contribution in [2.75, 3.05) is 32.1 Å². The van der Waals surface area contributed by atoms with E-state index in [0.29, 0.717) is 13.0 Å². The van der Waals surface area contributed by atoms with Gasteiger partial charge in [0.2, 0.25) is 0 Å². The van der Waals surface area contributed by atoms with Crippen LogP contribution in [0.2, 0.25) is 0 Å². The Morgan fingerprint density at radius 3 is 2.92 bits per heavy atom. The van der Waals surface area contributed by atoms with Crippen LogP contribution in [0.1, 0.15) is 24.0 Å². The highest BCUT2D eigenvalue weighted by atomic mass is 16.1. The van der Waals surface area contributed by atoms with E-state index < -0.39 is 0 Å². The lowest BCUT2D eigenvalue weighted by molar-refractivity contribution is -0.108.